The first-order chi connectivity index (χ1) is 10.5. The number of hydrogen-bond donors (Lipinski definition) is 0. The third kappa shape index (κ3) is 4.57. The fraction of sp³-hybridized carbons (Fsp3) is 0.333. The summed E-state index contributed by atoms with van der Waals surface area (Å²) < 4.78 is 23.8. The average molecular weight is 317 g/mol. The van der Waals surface area contributed by atoms with Crippen molar-refractivity contribution in [3.05, 3.63) is 48.5 Å². The van der Waals surface area contributed by atoms with Crippen LogP contribution in [0.5, 0.6) is 11.5 Å². The van der Waals surface area contributed by atoms with Crippen LogP contribution in [0.2, 0.25) is 0 Å². The third-order valence-corrected chi connectivity index (χ3v) is 4.42. The molecular weight excluding hydrogens is 295 g/mol. The van der Waals surface area contributed by atoms with Crippen molar-refractivity contribution in [1.82, 2.24) is 0 Å². The topological polar surface area (TPSA) is 35.5 Å². The Kier molecular flexibility index (Phi) is 5.57. The maximum absolute atomic E-state index is 12.6. The molecule has 22 heavy (non-hydrogen) atoms. The first kappa shape index (κ1) is 16.5. The maximum Gasteiger partial charge on any atom is 0.415 e. The largest absolute Gasteiger partial charge is 0.491 e. The minimum atomic E-state index is -1.60. The quantitative estimate of drug-likeness (QED) is 0.754. The smallest absolute Gasteiger partial charge is 0.415 e. The molecule has 0 bridgehead atoms. The van der Waals surface area contributed by atoms with Gasteiger partial charge in [-0.2, -0.15) is 0 Å². The number of rotatable bonds is 6. The zero-order chi connectivity index (χ0) is 16.1. The van der Waals surface area contributed by atoms with Crippen molar-refractivity contribution >= 4 is 18.4 Å². The fourth-order valence-corrected chi connectivity index (χ4v) is 3.15. The van der Waals surface area contributed by atoms with Crippen molar-refractivity contribution < 1.29 is 14.0 Å². The van der Waals surface area contributed by atoms with Crippen LogP contribution in [0.3, 0.4) is 0 Å². The standard InChI is InChI=1S/C18H22O3P/c1-13(2)20-15-5-9-17(10-6-15)22(19)18-11-7-16(8-12-18)21-14(3)4/h5-14H,1-4H3/q+1. The van der Waals surface area contributed by atoms with Crippen LogP contribution >= 0.6 is 7.80 Å². The van der Waals surface area contributed by atoms with Gasteiger partial charge in [-0.05, 0) is 76.2 Å². The molecule has 2 aromatic carbocycles. The molecule has 116 valence electrons. The van der Waals surface area contributed by atoms with Gasteiger partial charge in [0.25, 0.3) is 0 Å². The lowest BCUT2D eigenvalue weighted by Crippen LogP contribution is -2.09. The van der Waals surface area contributed by atoms with Gasteiger partial charge in [0.15, 0.2) is 10.6 Å². The van der Waals surface area contributed by atoms with Gasteiger partial charge in [-0.3, -0.25) is 0 Å². The molecule has 0 fully saturated rings. The van der Waals surface area contributed by atoms with E-state index in [9.17, 15) is 4.57 Å². The Labute approximate surface area is 133 Å². The van der Waals surface area contributed by atoms with E-state index in [2.05, 4.69) is 0 Å². The highest BCUT2D eigenvalue weighted by Gasteiger charge is 2.23. The van der Waals surface area contributed by atoms with Crippen LogP contribution < -0.4 is 20.1 Å². The van der Waals surface area contributed by atoms with E-state index in [1.165, 1.54) is 0 Å². The molecule has 0 aliphatic heterocycles. The Bertz CT molecular complexity index is 560. The lowest BCUT2D eigenvalue weighted by Gasteiger charge is -2.08. The average Bonchev–Trinajstić information content (AvgIpc) is 2.47. The van der Waals surface area contributed by atoms with E-state index in [0.717, 1.165) is 22.1 Å². The molecule has 0 radical (unpaired) electrons. The molecule has 0 atom stereocenters. The van der Waals surface area contributed by atoms with Crippen LogP contribution in [0.15, 0.2) is 48.5 Å². The van der Waals surface area contributed by atoms with E-state index in [0.29, 0.717) is 0 Å². The summed E-state index contributed by atoms with van der Waals surface area (Å²) in [5.41, 5.74) is 0. The summed E-state index contributed by atoms with van der Waals surface area (Å²) in [7, 11) is -1.60. The number of ether oxygens (including phenoxy) is 2. The predicted molar refractivity (Wildman–Crippen MR) is 91.3 cm³/mol. The van der Waals surface area contributed by atoms with Gasteiger partial charge in [0.2, 0.25) is 0 Å². The Morgan fingerprint density at radius 3 is 1.27 bits per heavy atom. The fourth-order valence-electron chi connectivity index (χ4n) is 2.01. The minimum absolute atomic E-state index is 0.133. The second kappa shape index (κ2) is 7.42. The van der Waals surface area contributed by atoms with E-state index in [4.69, 9.17) is 9.47 Å². The van der Waals surface area contributed by atoms with Crippen molar-refractivity contribution in [3.63, 3.8) is 0 Å². The molecule has 0 aliphatic rings. The monoisotopic (exact) mass is 317 g/mol. The van der Waals surface area contributed by atoms with Crippen LogP contribution in [0.25, 0.3) is 0 Å². The lowest BCUT2D eigenvalue weighted by atomic mass is 10.3. The van der Waals surface area contributed by atoms with Crippen LogP contribution in [0, 0.1) is 0 Å². The Morgan fingerprint density at radius 2 is 1.00 bits per heavy atom. The zero-order valence-electron chi connectivity index (χ0n) is 13.4. The van der Waals surface area contributed by atoms with Gasteiger partial charge in [-0.15, -0.1) is 0 Å². The van der Waals surface area contributed by atoms with Crippen LogP contribution in [-0.4, -0.2) is 12.2 Å². The first-order valence-electron chi connectivity index (χ1n) is 7.46. The van der Waals surface area contributed by atoms with E-state index in [-0.39, 0.29) is 12.2 Å². The molecule has 0 aliphatic carbocycles. The predicted octanol–water partition coefficient (Wildman–Crippen LogP) is 4.04. The SMILES string of the molecule is CC(C)Oc1ccc([P+](=O)c2ccc(OC(C)C)cc2)cc1. The van der Waals surface area contributed by atoms with Gasteiger partial charge < -0.3 is 9.47 Å². The van der Waals surface area contributed by atoms with Gasteiger partial charge >= 0.3 is 7.80 Å². The summed E-state index contributed by atoms with van der Waals surface area (Å²) in [6.07, 6.45) is 0.265. The second-order valence-corrected chi connectivity index (χ2v) is 7.24. The second-order valence-electron chi connectivity index (χ2n) is 5.62. The van der Waals surface area contributed by atoms with E-state index >= 15 is 0 Å². The Morgan fingerprint density at radius 1 is 0.682 bits per heavy atom. The molecular formula is C18H22O3P+. The summed E-state index contributed by atoms with van der Waals surface area (Å²) in [5, 5.41) is 1.59. The molecule has 0 amide bonds. The zero-order valence-corrected chi connectivity index (χ0v) is 14.3. The summed E-state index contributed by atoms with van der Waals surface area (Å²) in [6.45, 7) is 7.93. The molecule has 3 nitrogen and oxygen atoms in total. The third-order valence-electron chi connectivity index (χ3n) is 2.89. The van der Waals surface area contributed by atoms with Crippen molar-refractivity contribution in [1.29, 1.82) is 0 Å². The molecule has 2 rings (SSSR count). The number of benzene rings is 2. The van der Waals surface area contributed by atoms with Crippen molar-refractivity contribution in [2.75, 3.05) is 0 Å². The molecule has 2 aromatic rings. The van der Waals surface area contributed by atoms with Gasteiger partial charge in [-0.25, -0.2) is 0 Å². The Balaban J connectivity index is 2.10. The molecule has 0 N–H and O–H groups in total. The van der Waals surface area contributed by atoms with Crippen LogP contribution in [0.1, 0.15) is 27.7 Å². The minimum Gasteiger partial charge on any atom is -0.491 e. The van der Waals surface area contributed by atoms with Crippen molar-refractivity contribution in [3.8, 4) is 11.5 Å². The van der Waals surface area contributed by atoms with Gasteiger partial charge in [0, 0.05) is 0 Å². The molecule has 0 aromatic heterocycles. The van der Waals surface area contributed by atoms with Crippen LogP contribution in [-0.2, 0) is 4.57 Å². The summed E-state index contributed by atoms with van der Waals surface area (Å²) in [4.78, 5) is 0. The summed E-state index contributed by atoms with van der Waals surface area (Å²) in [6, 6.07) is 14.9. The van der Waals surface area contributed by atoms with Crippen molar-refractivity contribution in [2.24, 2.45) is 0 Å². The Hall–Kier alpha value is -1.86. The first-order valence-corrected chi connectivity index (χ1v) is 8.72. The van der Waals surface area contributed by atoms with Gasteiger partial charge in [0.1, 0.15) is 11.5 Å². The molecule has 4 heteroatoms. The molecule has 0 saturated heterocycles. The van der Waals surface area contributed by atoms with Gasteiger partial charge in [-0.1, -0.05) is 4.57 Å². The van der Waals surface area contributed by atoms with Crippen molar-refractivity contribution in [2.45, 2.75) is 39.9 Å². The van der Waals surface area contributed by atoms with E-state index in [1.807, 2.05) is 76.2 Å². The number of hydrogen-bond acceptors (Lipinski definition) is 3. The lowest BCUT2D eigenvalue weighted by molar-refractivity contribution is 0.242. The highest BCUT2D eigenvalue weighted by atomic mass is 31.1. The maximum atomic E-state index is 12.6. The van der Waals surface area contributed by atoms with E-state index < -0.39 is 7.80 Å². The molecule has 0 saturated carbocycles. The summed E-state index contributed by atoms with van der Waals surface area (Å²) in [5.74, 6) is 1.59. The highest BCUT2D eigenvalue weighted by Crippen LogP contribution is 2.23. The highest BCUT2D eigenvalue weighted by molar-refractivity contribution is 7.61. The van der Waals surface area contributed by atoms with Gasteiger partial charge in [0.05, 0.1) is 12.2 Å². The normalized spacial score (nSPS) is 10.8. The molecule has 0 unspecified atom stereocenters. The van der Waals surface area contributed by atoms with E-state index in [1.54, 1.807) is 0 Å². The molecule has 0 heterocycles. The summed E-state index contributed by atoms with van der Waals surface area (Å²) >= 11 is 0. The molecule has 0 spiro atoms. The van der Waals surface area contributed by atoms with Crippen LogP contribution in [0.4, 0.5) is 0 Å².